The average molecular weight is 578 g/mol. The number of halogens is 4. The Morgan fingerprint density at radius 3 is 2.35 bits per heavy atom. The molecule has 0 heterocycles. The zero-order chi connectivity index (χ0) is 29.6. The molecular weight excluding hydrogens is 555 g/mol. The number of hydrogen-bond donors (Lipinski definition) is 5. The molecule has 0 unspecified atom stereocenters. The van der Waals surface area contributed by atoms with Crippen LogP contribution in [0.25, 0.3) is 0 Å². The maximum Gasteiger partial charge on any atom is 0.471 e. The molecule has 210 valence electrons. The maximum absolute atomic E-state index is 13.4. The van der Waals surface area contributed by atoms with Crippen LogP contribution in [0.1, 0.15) is 21.5 Å². The number of carboxylic acids is 1. The molecule has 3 aromatic carbocycles. The van der Waals surface area contributed by atoms with Gasteiger partial charge in [0.05, 0.1) is 18.4 Å². The second-order valence-electron chi connectivity index (χ2n) is 8.24. The molecule has 0 bridgehead atoms. The summed E-state index contributed by atoms with van der Waals surface area (Å²) in [6.45, 7) is -1.51. The Labute approximate surface area is 231 Å². The number of alkyl halides is 3. The van der Waals surface area contributed by atoms with Gasteiger partial charge in [-0.15, -0.1) is 0 Å². The first kappa shape index (κ1) is 29.8. The Bertz CT molecular complexity index is 1450. The minimum Gasteiger partial charge on any atom is -0.495 e. The molecule has 0 radical (unpaired) electrons. The Hall–Kier alpha value is -4.78. The highest BCUT2D eigenvalue weighted by molar-refractivity contribution is 6.31. The number of para-hydroxylation sites is 1. The Morgan fingerprint density at radius 2 is 1.77 bits per heavy atom. The van der Waals surface area contributed by atoms with Crippen molar-refractivity contribution < 1.29 is 37.4 Å². The van der Waals surface area contributed by atoms with Crippen LogP contribution in [-0.2, 0) is 16.1 Å². The molecule has 2 amide bonds. The third kappa shape index (κ3) is 7.20. The minimum absolute atomic E-state index is 0.0817. The number of nitrogens with two attached hydrogens (primary N) is 1. The van der Waals surface area contributed by atoms with Crippen LogP contribution in [0, 0.1) is 5.41 Å². The summed E-state index contributed by atoms with van der Waals surface area (Å²) in [6.07, 6.45) is -5.36. The number of nitrogens with zero attached hydrogens (tertiary/aromatic N) is 1. The summed E-state index contributed by atoms with van der Waals surface area (Å²) in [5.41, 5.74) is 6.30. The highest BCUT2D eigenvalue weighted by Gasteiger charge is 2.45. The van der Waals surface area contributed by atoms with Crippen molar-refractivity contribution in [3.05, 3.63) is 82.4 Å². The third-order valence-corrected chi connectivity index (χ3v) is 5.74. The van der Waals surface area contributed by atoms with Gasteiger partial charge in [0.15, 0.2) is 0 Å². The molecule has 0 saturated heterocycles. The zero-order valence-electron chi connectivity index (χ0n) is 20.8. The zero-order valence-corrected chi connectivity index (χ0v) is 21.6. The summed E-state index contributed by atoms with van der Waals surface area (Å²) in [5, 5.41) is 22.5. The molecule has 14 heteroatoms. The minimum atomic E-state index is -5.36. The van der Waals surface area contributed by atoms with Gasteiger partial charge in [-0.2, -0.15) is 13.2 Å². The quantitative estimate of drug-likeness (QED) is 0.176. The van der Waals surface area contributed by atoms with E-state index in [9.17, 15) is 32.7 Å². The fraction of sp³-hybridized carbons (Fsp3) is 0.154. The standard InChI is InChI=1S/C26H23ClF3N5O5/c1-40-20-4-2-3-15(22(20)35(13-21(36)37)25(39)26(28,29)30)12-33-19-10-7-16(27)11-18(19)24(38)34-17-8-5-14(6-9-17)23(31)32/h2-11,33H,12-13H2,1H3,(H3,31,32)(H,34,38)(H,36,37). The lowest BCUT2D eigenvalue weighted by Crippen LogP contribution is -2.44. The van der Waals surface area contributed by atoms with Crippen molar-refractivity contribution in [3.63, 3.8) is 0 Å². The van der Waals surface area contributed by atoms with E-state index in [0.29, 0.717) is 11.3 Å². The van der Waals surface area contributed by atoms with Crippen molar-refractivity contribution in [1.29, 1.82) is 5.41 Å². The summed E-state index contributed by atoms with van der Waals surface area (Å²) in [7, 11) is 1.16. The lowest BCUT2D eigenvalue weighted by Gasteiger charge is -2.26. The van der Waals surface area contributed by atoms with Crippen molar-refractivity contribution in [1.82, 2.24) is 0 Å². The van der Waals surface area contributed by atoms with E-state index in [4.69, 9.17) is 27.5 Å². The molecule has 0 atom stereocenters. The Morgan fingerprint density at radius 1 is 1.10 bits per heavy atom. The SMILES string of the molecule is COc1cccc(CNc2ccc(Cl)cc2C(=O)Nc2ccc(C(=N)N)cc2)c1N(CC(=O)O)C(=O)C(F)(F)F. The molecule has 0 saturated carbocycles. The summed E-state index contributed by atoms with van der Waals surface area (Å²) in [4.78, 5) is 36.7. The highest BCUT2D eigenvalue weighted by Crippen LogP contribution is 2.36. The van der Waals surface area contributed by atoms with Crippen LogP contribution in [0.3, 0.4) is 0 Å². The second kappa shape index (κ2) is 12.4. The van der Waals surface area contributed by atoms with Gasteiger partial charge in [0, 0.05) is 28.5 Å². The van der Waals surface area contributed by atoms with Gasteiger partial charge in [0.1, 0.15) is 18.1 Å². The number of amides is 2. The number of benzene rings is 3. The molecule has 0 spiro atoms. The molecule has 40 heavy (non-hydrogen) atoms. The van der Waals surface area contributed by atoms with E-state index in [2.05, 4.69) is 10.6 Å². The van der Waals surface area contributed by atoms with Crippen LogP contribution in [0.5, 0.6) is 5.75 Å². The number of ether oxygens (including phenoxy) is 1. The van der Waals surface area contributed by atoms with Crippen molar-refractivity contribution in [2.45, 2.75) is 12.7 Å². The van der Waals surface area contributed by atoms with E-state index in [1.807, 2.05) is 0 Å². The molecule has 6 N–H and O–H groups in total. The molecular formula is C26H23ClF3N5O5. The van der Waals surface area contributed by atoms with Crippen LogP contribution < -0.4 is 26.0 Å². The predicted octanol–water partition coefficient (Wildman–Crippen LogP) is 4.48. The van der Waals surface area contributed by atoms with E-state index >= 15 is 0 Å². The summed E-state index contributed by atoms with van der Waals surface area (Å²) >= 11 is 6.10. The monoisotopic (exact) mass is 577 g/mol. The number of carbonyl (C=O) groups excluding carboxylic acids is 2. The Kier molecular flexibility index (Phi) is 9.22. The number of nitrogens with one attached hydrogen (secondary N) is 3. The van der Waals surface area contributed by atoms with Crippen molar-refractivity contribution in [2.75, 3.05) is 29.2 Å². The fourth-order valence-electron chi connectivity index (χ4n) is 3.70. The highest BCUT2D eigenvalue weighted by atomic mass is 35.5. The van der Waals surface area contributed by atoms with Gasteiger partial charge >= 0.3 is 18.1 Å². The van der Waals surface area contributed by atoms with E-state index in [1.165, 1.54) is 36.4 Å². The average Bonchev–Trinajstić information content (AvgIpc) is 2.90. The topological polar surface area (TPSA) is 158 Å². The van der Waals surface area contributed by atoms with E-state index in [-0.39, 0.29) is 44.9 Å². The van der Waals surface area contributed by atoms with Gasteiger partial charge in [0.2, 0.25) is 0 Å². The van der Waals surface area contributed by atoms with Crippen molar-refractivity contribution in [2.24, 2.45) is 5.73 Å². The molecule has 10 nitrogen and oxygen atoms in total. The second-order valence-corrected chi connectivity index (χ2v) is 8.68. The number of nitrogen functional groups attached to an aromatic ring is 1. The molecule has 0 aliphatic carbocycles. The molecule has 0 aliphatic heterocycles. The van der Waals surface area contributed by atoms with Gasteiger partial charge < -0.3 is 26.2 Å². The number of carboxylic acid groups (broad SMARTS) is 1. The molecule has 0 fully saturated rings. The maximum atomic E-state index is 13.4. The number of rotatable bonds is 10. The van der Waals surface area contributed by atoms with Gasteiger partial charge in [-0.3, -0.25) is 24.7 Å². The van der Waals surface area contributed by atoms with Crippen LogP contribution in [0.2, 0.25) is 5.02 Å². The number of carbonyl (C=O) groups is 3. The van der Waals surface area contributed by atoms with Crippen LogP contribution >= 0.6 is 11.6 Å². The number of aliphatic carboxylic acids is 1. The molecule has 3 aromatic rings. The van der Waals surface area contributed by atoms with E-state index in [1.54, 1.807) is 24.3 Å². The van der Waals surface area contributed by atoms with Crippen LogP contribution in [0.4, 0.5) is 30.2 Å². The normalized spacial score (nSPS) is 10.9. The summed E-state index contributed by atoms with van der Waals surface area (Å²) in [5.74, 6) is -4.94. The van der Waals surface area contributed by atoms with Crippen molar-refractivity contribution in [3.8, 4) is 5.75 Å². The lowest BCUT2D eigenvalue weighted by molar-refractivity contribution is -0.171. The summed E-state index contributed by atoms with van der Waals surface area (Å²) in [6, 6.07) is 14.6. The molecule has 0 aliphatic rings. The number of anilines is 3. The van der Waals surface area contributed by atoms with Crippen LogP contribution in [-0.4, -0.2) is 48.6 Å². The number of hydrogen-bond acceptors (Lipinski definition) is 6. The van der Waals surface area contributed by atoms with Crippen LogP contribution in [0.15, 0.2) is 60.7 Å². The lowest BCUT2D eigenvalue weighted by atomic mass is 10.1. The molecule has 0 aromatic heterocycles. The molecule has 3 rings (SSSR count). The predicted molar refractivity (Wildman–Crippen MR) is 143 cm³/mol. The largest absolute Gasteiger partial charge is 0.495 e. The smallest absolute Gasteiger partial charge is 0.471 e. The van der Waals surface area contributed by atoms with Gasteiger partial charge in [0.25, 0.3) is 5.91 Å². The van der Waals surface area contributed by atoms with Gasteiger partial charge in [-0.25, -0.2) is 0 Å². The Balaban J connectivity index is 1.94. The first-order valence-electron chi connectivity index (χ1n) is 11.4. The first-order chi connectivity index (χ1) is 18.8. The first-order valence-corrected chi connectivity index (χ1v) is 11.7. The van der Waals surface area contributed by atoms with Gasteiger partial charge in [-0.1, -0.05) is 23.7 Å². The summed E-state index contributed by atoms with van der Waals surface area (Å²) < 4.78 is 45.2. The number of amidine groups is 1. The van der Waals surface area contributed by atoms with E-state index in [0.717, 1.165) is 7.11 Å². The fourth-order valence-corrected chi connectivity index (χ4v) is 3.87. The van der Waals surface area contributed by atoms with E-state index < -0.39 is 36.2 Å². The number of methoxy groups -OCH3 is 1. The van der Waals surface area contributed by atoms with Crippen molar-refractivity contribution >= 4 is 52.3 Å². The van der Waals surface area contributed by atoms with Gasteiger partial charge in [-0.05, 0) is 54.1 Å². The third-order valence-electron chi connectivity index (χ3n) is 5.50.